The molecule has 1 aromatic carbocycles. The SMILES string of the molecule is Nc1ccc(Oc2cc(F)ncn2)cc1. The molecule has 0 bridgehead atoms. The predicted molar refractivity (Wildman–Crippen MR) is 52.9 cm³/mol. The largest absolute Gasteiger partial charge is 0.439 e. The molecule has 0 saturated carbocycles. The van der Waals surface area contributed by atoms with E-state index in [1.54, 1.807) is 24.3 Å². The second-order valence-corrected chi connectivity index (χ2v) is 2.85. The summed E-state index contributed by atoms with van der Waals surface area (Å²) < 4.78 is 18.0. The lowest BCUT2D eigenvalue weighted by atomic mass is 10.3. The van der Waals surface area contributed by atoms with Crippen LogP contribution >= 0.6 is 0 Å². The number of ether oxygens (including phenoxy) is 1. The zero-order valence-corrected chi connectivity index (χ0v) is 7.72. The standard InChI is InChI=1S/C10H8FN3O/c11-9-5-10(14-6-13-9)15-8-3-1-7(12)2-4-8/h1-6H,12H2. The Morgan fingerprint density at radius 1 is 1.13 bits per heavy atom. The number of nitrogens with two attached hydrogens (primary N) is 1. The predicted octanol–water partition coefficient (Wildman–Crippen LogP) is 1.99. The molecule has 0 spiro atoms. The minimum absolute atomic E-state index is 0.160. The normalized spacial score (nSPS) is 9.93. The highest BCUT2D eigenvalue weighted by Gasteiger charge is 2.00. The molecular formula is C10H8FN3O. The molecular weight excluding hydrogens is 197 g/mol. The summed E-state index contributed by atoms with van der Waals surface area (Å²) in [5, 5.41) is 0. The number of benzene rings is 1. The van der Waals surface area contributed by atoms with Crippen molar-refractivity contribution in [2.24, 2.45) is 0 Å². The Bertz CT molecular complexity index is 458. The van der Waals surface area contributed by atoms with Gasteiger partial charge in [0, 0.05) is 5.69 Å². The van der Waals surface area contributed by atoms with Crippen molar-refractivity contribution >= 4 is 5.69 Å². The molecule has 0 fully saturated rings. The van der Waals surface area contributed by atoms with Gasteiger partial charge in [0.2, 0.25) is 11.8 Å². The van der Waals surface area contributed by atoms with Crippen molar-refractivity contribution in [1.82, 2.24) is 9.97 Å². The van der Waals surface area contributed by atoms with E-state index in [4.69, 9.17) is 10.5 Å². The van der Waals surface area contributed by atoms with E-state index < -0.39 is 5.95 Å². The Morgan fingerprint density at radius 2 is 1.87 bits per heavy atom. The van der Waals surface area contributed by atoms with Crippen molar-refractivity contribution in [3.05, 3.63) is 42.6 Å². The molecule has 0 aliphatic carbocycles. The summed E-state index contributed by atoms with van der Waals surface area (Å²) in [5.74, 6) is 0.0741. The number of rotatable bonds is 2. The van der Waals surface area contributed by atoms with E-state index in [2.05, 4.69) is 9.97 Å². The summed E-state index contributed by atoms with van der Waals surface area (Å²) in [7, 11) is 0. The summed E-state index contributed by atoms with van der Waals surface area (Å²) >= 11 is 0. The molecule has 4 nitrogen and oxygen atoms in total. The number of anilines is 1. The van der Waals surface area contributed by atoms with Gasteiger partial charge in [-0.15, -0.1) is 0 Å². The van der Waals surface area contributed by atoms with Gasteiger partial charge in [-0.2, -0.15) is 4.39 Å². The Morgan fingerprint density at radius 3 is 2.53 bits per heavy atom. The van der Waals surface area contributed by atoms with Gasteiger partial charge in [-0.25, -0.2) is 9.97 Å². The zero-order chi connectivity index (χ0) is 10.7. The maximum atomic E-state index is 12.7. The number of nitrogens with zero attached hydrogens (tertiary/aromatic N) is 2. The highest BCUT2D eigenvalue weighted by molar-refractivity contribution is 5.42. The lowest BCUT2D eigenvalue weighted by Gasteiger charge is -2.03. The Balaban J connectivity index is 2.18. The topological polar surface area (TPSA) is 61.0 Å². The summed E-state index contributed by atoms with van der Waals surface area (Å²) in [6.07, 6.45) is 1.10. The first-order valence-electron chi connectivity index (χ1n) is 4.25. The van der Waals surface area contributed by atoms with Gasteiger partial charge in [-0.1, -0.05) is 0 Å². The first-order valence-corrected chi connectivity index (χ1v) is 4.25. The molecule has 2 rings (SSSR count). The summed E-state index contributed by atoms with van der Waals surface area (Å²) in [5.41, 5.74) is 6.14. The summed E-state index contributed by atoms with van der Waals surface area (Å²) in [4.78, 5) is 7.07. The molecule has 5 heteroatoms. The minimum atomic E-state index is -0.629. The fourth-order valence-electron chi connectivity index (χ4n) is 1.03. The molecule has 0 aliphatic heterocycles. The zero-order valence-electron chi connectivity index (χ0n) is 7.72. The third-order valence-electron chi connectivity index (χ3n) is 1.71. The Kier molecular flexibility index (Phi) is 2.45. The third kappa shape index (κ3) is 2.40. The van der Waals surface area contributed by atoms with Crippen molar-refractivity contribution < 1.29 is 9.13 Å². The maximum absolute atomic E-state index is 12.7. The first kappa shape index (κ1) is 9.39. The van der Waals surface area contributed by atoms with Crippen molar-refractivity contribution in [1.29, 1.82) is 0 Å². The van der Waals surface area contributed by atoms with E-state index in [-0.39, 0.29) is 5.88 Å². The molecule has 0 unspecified atom stereocenters. The molecule has 2 aromatic rings. The average molecular weight is 205 g/mol. The van der Waals surface area contributed by atoms with Crippen LogP contribution in [0, 0.1) is 5.95 Å². The van der Waals surface area contributed by atoms with Crippen molar-refractivity contribution in [3.8, 4) is 11.6 Å². The van der Waals surface area contributed by atoms with Crippen LogP contribution in [0.15, 0.2) is 36.7 Å². The van der Waals surface area contributed by atoms with Crippen molar-refractivity contribution in [2.75, 3.05) is 5.73 Å². The highest BCUT2D eigenvalue weighted by Crippen LogP contribution is 2.19. The second kappa shape index (κ2) is 3.91. The highest BCUT2D eigenvalue weighted by atomic mass is 19.1. The van der Waals surface area contributed by atoms with Gasteiger partial charge >= 0.3 is 0 Å². The van der Waals surface area contributed by atoms with Crippen LogP contribution in [0.25, 0.3) is 0 Å². The van der Waals surface area contributed by atoms with Crippen LogP contribution in [0.5, 0.6) is 11.6 Å². The quantitative estimate of drug-likeness (QED) is 0.601. The van der Waals surface area contributed by atoms with E-state index in [9.17, 15) is 4.39 Å². The number of nitrogen functional groups attached to an aromatic ring is 1. The van der Waals surface area contributed by atoms with E-state index in [1.165, 1.54) is 0 Å². The van der Waals surface area contributed by atoms with Crippen LogP contribution in [0.2, 0.25) is 0 Å². The van der Waals surface area contributed by atoms with Crippen LogP contribution in [0.1, 0.15) is 0 Å². The molecule has 0 aliphatic rings. The lowest BCUT2D eigenvalue weighted by molar-refractivity contribution is 0.450. The van der Waals surface area contributed by atoms with Gasteiger partial charge in [0.15, 0.2) is 0 Å². The number of hydrogen-bond donors (Lipinski definition) is 1. The summed E-state index contributed by atoms with van der Waals surface area (Å²) in [6, 6.07) is 7.83. The Labute approximate surface area is 85.5 Å². The molecule has 0 saturated heterocycles. The smallest absolute Gasteiger partial charge is 0.225 e. The molecule has 0 radical (unpaired) electrons. The third-order valence-corrected chi connectivity index (χ3v) is 1.71. The van der Waals surface area contributed by atoms with Crippen LogP contribution in [-0.2, 0) is 0 Å². The molecule has 0 amide bonds. The minimum Gasteiger partial charge on any atom is -0.439 e. The van der Waals surface area contributed by atoms with Gasteiger partial charge in [0.25, 0.3) is 0 Å². The monoisotopic (exact) mass is 205 g/mol. The van der Waals surface area contributed by atoms with Gasteiger partial charge in [0.1, 0.15) is 12.1 Å². The molecule has 1 heterocycles. The fraction of sp³-hybridized carbons (Fsp3) is 0. The molecule has 15 heavy (non-hydrogen) atoms. The van der Waals surface area contributed by atoms with Crippen molar-refractivity contribution in [2.45, 2.75) is 0 Å². The number of halogens is 1. The van der Waals surface area contributed by atoms with Crippen molar-refractivity contribution in [3.63, 3.8) is 0 Å². The van der Waals surface area contributed by atoms with Crippen LogP contribution < -0.4 is 10.5 Å². The molecule has 76 valence electrons. The van der Waals surface area contributed by atoms with Crippen LogP contribution in [-0.4, -0.2) is 9.97 Å². The van der Waals surface area contributed by atoms with Gasteiger partial charge in [-0.3, -0.25) is 0 Å². The molecule has 1 aromatic heterocycles. The maximum Gasteiger partial charge on any atom is 0.225 e. The lowest BCUT2D eigenvalue weighted by Crippen LogP contribution is -1.91. The van der Waals surface area contributed by atoms with E-state index in [0.29, 0.717) is 11.4 Å². The summed E-state index contributed by atoms with van der Waals surface area (Å²) in [6.45, 7) is 0. The second-order valence-electron chi connectivity index (χ2n) is 2.85. The van der Waals surface area contributed by atoms with Gasteiger partial charge in [-0.05, 0) is 24.3 Å². The van der Waals surface area contributed by atoms with Gasteiger partial charge < -0.3 is 10.5 Å². The van der Waals surface area contributed by atoms with Gasteiger partial charge in [0.05, 0.1) is 6.07 Å². The number of hydrogen-bond acceptors (Lipinski definition) is 4. The fourth-order valence-corrected chi connectivity index (χ4v) is 1.03. The van der Waals surface area contributed by atoms with Crippen LogP contribution in [0.4, 0.5) is 10.1 Å². The number of aromatic nitrogens is 2. The Hall–Kier alpha value is -2.17. The van der Waals surface area contributed by atoms with E-state index >= 15 is 0 Å². The average Bonchev–Trinajstić information content (AvgIpc) is 2.22. The molecule has 2 N–H and O–H groups in total. The van der Waals surface area contributed by atoms with Crippen LogP contribution in [0.3, 0.4) is 0 Å². The van der Waals surface area contributed by atoms with E-state index in [1.807, 2.05) is 0 Å². The molecule has 0 atom stereocenters. The van der Waals surface area contributed by atoms with E-state index in [0.717, 1.165) is 12.4 Å². The first-order chi connectivity index (χ1) is 7.24.